The second kappa shape index (κ2) is 20.3. The number of alkyl carbamates (subject to hydrolysis) is 1. The summed E-state index contributed by atoms with van der Waals surface area (Å²) in [5.41, 5.74) is 0.656. The molecular weight excluding hydrogens is 721 g/mol. The zero-order chi connectivity index (χ0) is 40.8. The number of hydrogen-bond donors (Lipinski definition) is 4. The van der Waals surface area contributed by atoms with E-state index in [-0.39, 0.29) is 36.3 Å². The van der Waals surface area contributed by atoms with Gasteiger partial charge in [-0.15, -0.1) is 0 Å². The van der Waals surface area contributed by atoms with Gasteiger partial charge in [0.25, 0.3) is 0 Å². The minimum Gasteiger partial charge on any atom is -0.444 e. The number of rotatable bonds is 15. The van der Waals surface area contributed by atoms with E-state index >= 15 is 0 Å². The van der Waals surface area contributed by atoms with Crippen LogP contribution in [0.1, 0.15) is 90.2 Å². The summed E-state index contributed by atoms with van der Waals surface area (Å²) < 4.78 is 5.25. The quantitative estimate of drug-likeness (QED) is 0.137. The maximum absolute atomic E-state index is 14.6. The average Bonchev–Trinajstić information content (AvgIpc) is 3.18. The van der Waals surface area contributed by atoms with Crippen molar-refractivity contribution < 1.29 is 28.7 Å². The highest BCUT2D eigenvalue weighted by Gasteiger charge is 2.44. The zero-order valence-corrected chi connectivity index (χ0v) is 34.2. The summed E-state index contributed by atoms with van der Waals surface area (Å²) in [6, 6.07) is 22.9. The molecule has 3 aromatic rings. The summed E-state index contributed by atoms with van der Waals surface area (Å²) >= 11 is 0. The van der Waals surface area contributed by atoms with Crippen molar-refractivity contribution in [3.63, 3.8) is 0 Å². The van der Waals surface area contributed by atoms with Gasteiger partial charge in [-0.3, -0.25) is 14.4 Å². The van der Waals surface area contributed by atoms with E-state index in [1.807, 2.05) is 94.4 Å². The molecule has 2 aliphatic rings. The highest BCUT2D eigenvalue weighted by Crippen LogP contribution is 2.35. The van der Waals surface area contributed by atoms with Gasteiger partial charge in [0.2, 0.25) is 17.7 Å². The lowest BCUT2D eigenvalue weighted by Gasteiger charge is -2.43. The van der Waals surface area contributed by atoms with Crippen molar-refractivity contribution >= 4 is 40.6 Å². The van der Waals surface area contributed by atoms with Crippen molar-refractivity contribution in [3.8, 4) is 0 Å². The molecule has 12 nitrogen and oxygen atoms in total. The van der Waals surface area contributed by atoms with E-state index in [2.05, 4.69) is 27.3 Å². The fourth-order valence-electron chi connectivity index (χ4n) is 7.95. The largest absolute Gasteiger partial charge is 0.444 e. The Hall–Kier alpha value is -5.13. The number of nitrogens with zero attached hydrogens (tertiary/aromatic N) is 2. The van der Waals surface area contributed by atoms with Crippen molar-refractivity contribution in [3.05, 3.63) is 83.9 Å². The van der Waals surface area contributed by atoms with Gasteiger partial charge >= 0.3 is 12.1 Å². The number of unbranched alkanes of at least 4 members (excludes halogenated alkanes) is 2. The van der Waals surface area contributed by atoms with Gasteiger partial charge in [0.1, 0.15) is 11.6 Å². The number of amides is 6. The Kier molecular flexibility index (Phi) is 15.3. The highest BCUT2D eigenvalue weighted by atomic mass is 16.6. The molecular formula is C45H62N6O6. The van der Waals surface area contributed by atoms with Crippen molar-refractivity contribution in [2.24, 2.45) is 5.41 Å². The molecule has 0 aromatic heterocycles. The summed E-state index contributed by atoms with van der Waals surface area (Å²) in [5.74, 6) is -0.263. The van der Waals surface area contributed by atoms with E-state index in [9.17, 15) is 24.0 Å². The number of carbonyl (C=O) groups excluding carboxylic acids is 5. The van der Waals surface area contributed by atoms with Crippen LogP contribution in [0.3, 0.4) is 0 Å². The molecule has 12 heteroatoms. The minimum absolute atomic E-state index is 0.0171. The smallest absolute Gasteiger partial charge is 0.407 e. The fraction of sp³-hybridized carbons (Fsp3) is 0.533. The number of ether oxygens (including phenoxy) is 1. The van der Waals surface area contributed by atoms with Crippen LogP contribution in [0, 0.1) is 5.41 Å². The first-order chi connectivity index (χ1) is 27.3. The summed E-state index contributed by atoms with van der Waals surface area (Å²) in [4.78, 5) is 70.2. The number of carbonyl (C=O) groups is 5. The number of fused-ring (bicyclic) bond motifs is 1. The summed E-state index contributed by atoms with van der Waals surface area (Å²) in [6.45, 7) is 10.0. The number of nitrogens with one attached hydrogen (secondary N) is 4. The molecule has 0 unspecified atom stereocenters. The van der Waals surface area contributed by atoms with Gasteiger partial charge in [0, 0.05) is 58.2 Å². The zero-order valence-electron chi connectivity index (χ0n) is 34.2. The molecule has 2 aliphatic heterocycles. The molecule has 5 rings (SSSR count). The van der Waals surface area contributed by atoms with E-state index in [0.29, 0.717) is 84.1 Å². The van der Waals surface area contributed by atoms with Gasteiger partial charge in [-0.25, -0.2) is 9.59 Å². The van der Waals surface area contributed by atoms with Crippen LogP contribution < -0.4 is 21.3 Å². The van der Waals surface area contributed by atoms with Crippen LogP contribution in [0.5, 0.6) is 0 Å². The molecule has 0 bridgehead atoms. The van der Waals surface area contributed by atoms with E-state index in [1.54, 1.807) is 9.80 Å². The fourth-order valence-corrected chi connectivity index (χ4v) is 7.95. The normalized spacial score (nSPS) is 18.0. The minimum atomic E-state index is -0.836. The molecule has 3 aromatic carbocycles. The Morgan fingerprint density at radius 3 is 2.26 bits per heavy atom. The van der Waals surface area contributed by atoms with Crippen LogP contribution >= 0.6 is 0 Å². The van der Waals surface area contributed by atoms with Crippen LogP contribution in [-0.2, 0) is 32.0 Å². The maximum atomic E-state index is 14.6. The lowest BCUT2D eigenvalue weighted by atomic mass is 9.74. The monoisotopic (exact) mass is 782 g/mol. The topological polar surface area (TPSA) is 149 Å². The van der Waals surface area contributed by atoms with Gasteiger partial charge in [0.05, 0.1) is 5.41 Å². The van der Waals surface area contributed by atoms with Gasteiger partial charge in [-0.2, -0.15) is 0 Å². The molecule has 4 N–H and O–H groups in total. The van der Waals surface area contributed by atoms with Crippen molar-refractivity contribution in [2.45, 2.75) is 110 Å². The molecule has 2 fully saturated rings. The molecule has 308 valence electrons. The van der Waals surface area contributed by atoms with E-state index in [4.69, 9.17) is 4.74 Å². The predicted octanol–water partition coefficient (Wildman–Crippen LogP) is 6.11. The Bertz CT molecular complexity index is 1820. The molecule has 0 saturated carbocycles. The van der Waals surface area contributed by atoms with Crippen molar-refractivity contribution in [1.29, 1.82) is 0 Å². The summed E-state index contributed by atoms with van der Waals surface area (Å²) in [5, 5.41) is 14.2. The standard InChI is InChI=1S/C45H62N6O6/c1-5-46-41(54)45(31-33-15-8-6-9-16-33)24-14-26-51(32-45)40(53)38(30-34-20-21-35-17-11-12-18-36(35)29-34)49-42(55)50-27-22-37(23-28-50)48-39(52)19-10-7-13-25-47-43(56)57-44(2,3)4/h6,8-9,11-12,15-18,20-21,29,37-38H,5,7,10,13-14,19,22-28,30-32H2,1-4H3,(H,46,54)(H,47,56)(H,48,52)(H,49,55)/t38-,45+/m1/s1. The van der Waals surface area contributed by atoms with Crippen LogP contribution in [0.25, 0.3) is 10.8 Å². The molecule has 0 spiro atoms. The van der Waals surface area contributed by atoms with Gasteiger partial charge in [0.15, 0.2) is 0 Å². The Morgan fingerprint density at radius 2 is 1.54 bits per heavy atom. The third-order valence-electron chi connectivity index (χ3n) is 10.8. The number of benzene rings is 3. The first-order valence-electron chi connectivity index (χ1n) is 20.7. The van der Waals surface area contributed by atoms with Gasteiger partial charge < -0.3 is 35.8 Å². The molecule has 2 atom stereocenters. The van der Waals surface area contributed by atoms with E-state index in [0.717, 1.165) is 34.7 Å². The third kappa shape index (κ3) is 12.9. The Morgan fingerprint density at radius 1 is 0.825 bits per heavy atom. The first-order valence-corrected chi connectivity index (χ1v) is 20.7. The van der Waals surface area contributed by atoms with Crippen LogP contribution in [0.15, 0.2) is 72.8 Å². The molecule has 2 heterocycles. The van der Waals surface area contributed by atoms with Gasteiger partial charge in [-0.05, 0) is 94.5 Å². The van der Waals surface area contributed by atoms with Crippen molar-refractivity contribution in [2.75, 3.05) is 39.3 Å². The highest BCUT2D eigenvalue weighted by molar-refractivity contribution is 5.90. The first kappa shape index (κ1) is 43.0. The SMILES string of the molecule is CCNC(=O)[C@]1(Cc2ccccc2)CCCN(C(=O)[C@@H](Cc2ccc3ccccc3c2)NC(=O)N2CCC(NC(=O)CCCCCNC(=O)OC(C)(C)C)CC2)C1. The second-order valence-electron chi connectivity index (χ2n) is 16.6. The van der Waals surface area contributed by atoms with Crippen LogP contribution in [-0.4, -0.2) is 96.6 Å². The second-order valence-corrected chi connectivity index (χ2v) is 16.6. The molecule has 2 saturated heterocycles. The number of piperidine rings is 2. The van der Waals surface area contributed by atoms with E-state index < -0.39 is 23.2 Å². The lowest BCUT2D eigenvalue weighted by molar-refractivity contribution is -0.143. The number of urea groups is 1. The predicted molar refractivity (Wildman–Crippen MR) is 222 cm³/mol. The van der Waals surface area contributed by atoms with Crippen LogP contribution in [0.2, 0.25) is 0 Å². The Labute approximate surface area is 337 Å². The lowest BCUT2D eigenvalue weighted by Crippen LogP contribution is -2.59. The molecule has 0 aliphatic carbocycles. The molecule has 57 heavy (non-hydrogen) atoms. The van der Waals surface area contributed by atoms with Crippen LogP contribution in [0.4, 0.5) is 9.59 Å². The summed E-state index contributed by atoms with van der Waals surface area (Å²) in [7, 11) is 0. The third-order valence-corrected chi connectivity index (χ3v) is 10.8. The summed E-state index contributed by atoms with van der Waals surface area (Å²) in [6.07, 6.45) is 5.63. The number of hydrogen-bond acceptors (Lipinski definition) is 6. The maximum Gasteiger partial charge on any atom is 0.407 e. The molecule has 0 radical (unpaired) electrons. The van der Waals surface area contributed by atoms with Gasteiger partial charge in [-0.1, -0.05) is 79.2 Å². The molecule has 6 amide bonds. The van der Waals surface area contributed by atoms with Crippen molar-refractivity contribution in [1.82, 2.24) is 31.1 Å². The number of likely N-dealkylation sites (tertiary alicyclic amines) is 2. The van der Waals surface area contributed by atoms with E-state index in [1.165, 1.54) is 0 Å². The average molecular weight is 783 g/mol. The Balaban J connectivity index is 1.18.